The van der Waals surface area contributed by atoms with E-state index in [1.165, 1.54) is 0 Å². The molecule has 1 amide bonds. The van der Waals surface area contributed by atoms with Crippen molar-refractivity contribution in [1.29, 1.82) is 0 Å². The van der Waals surface area contributed by atoms with Gasteiger partial charge in [0, 0.05) is 18.2 Å². The second-order valence-electron chi connectivity index (χ2n) is 5.96. The number of para-hydroxylation sites is 1. The number of hydrogen-bond donors (Lipinski definition) is 2. The molecule has 0 heterocycles. The van der Waals surface area contributed by atoms with Crippen LogP contribution in [0.2, 0.25) is 0 Å². The predicted octanol–water partition coefficient (Wildman–Crippen LogP) is 2.03. The highest BCUT2D eigenvalue weighted by Gasteiger charge is 2.16. The third-order valence-corrected chi connectivity index (χ3v) is 3.05. The fourth-order valence-electron chi connectivity index (χ4n) is 2.30. The van der Waals surface area contributed by atoms with E-state index in [0.29, 0.717) is 11.5 Å². The normalized spacial score (nSPS) is 12.7. The van der Waals surface area contributed by atoms with Crippen molar-refractivity contribution in [2.45, 2.75) is 32.7 Å². The molecule has 1 rings (SSSR count). The number of carbonyl (C=O) groups excluding carboxylic acids is 1. The molecule has 112 valence electrons. The van der Waals surface area contributed by atoms with Crippen molar-refractivity contribution in [1.82, 2.24) is 10.2 Å². The summed E-state index contributed by atoms with van der Waals surface area (Å²) >= 11 is 0. The minimum Gasteiger partial charge on any atom is -0.508 e. The van der Waals surface area contributed by atoms with E-state index in [1.807, 2.05) is 20.2 Å². The van der Waals surface area contributed by atoms with Gasteiger partial charge in [0.1, 0.15) is 5.75 Å². The van der Waals surface area contributed by atoms with E-state index in [1.54, 1.807) is 18.2 Å². The largest absolute Gasteiger partial charge is 0.508 e. The molecule has 0 saturated carbocycles. The highest BCUT2D eigenvalue weighted by molar-refractivity contribution is 5.79. The zero-order chi connectivity index (χ0) is 15.1. The summed E-state index contributed by atoms with van der Waals surface area (Å²) in [5, 5.41) is 12.8. The van der Waals surface area contributed by atoms with Gasteiger partial charge in [-0.3, -0.25) is 4.79 Å². The highest BCUT2D eigenvalue weighted by Crippen LogP contribution is 2.16. The first-order valence-corrected chi connectivity index (χ1v) is 7.09. The van der Waals surface area contributed by atoms with Crippen LogP contribution in [0.25, 0.3) is 0 Å². The Morgan fingerprint density at radius 1 is 1.30 bits per heavy atom. The molecule has 4 nitrogen and oxygen atoms in total. The van der Waals surface area contributed by atoms with Crippen LogP contribution in [-0.4, -0.2) is 42.6 Å². The maximum atomic E-state index is 12.1. The summed E-state index contributed by atoms with van der Waals surface area (Å²) in [6.07, 6.45) is 1.17. The Morgan fingerprint density at radius 3 is 2.50 bits per heavy atom. The second-order valence-corrected chi connectivity index (χ2v) is 5.96. The van der Waals surface area contributed by atoms with E-state index >= 15 is 0 Å². The predicted molar refractivity (Wildman–Crippen MR) is 81.8 cm³/mol. The van der Waals surface area contributed by atoms with Gasteiger partial charge in [-0.2, -0.15) is 0 Å². The summed E-state index contributed by atoms with van der Waals surface area (Å²) in [6.45, 7) is 5.13. The van der Waals surface area contributed by atoms with Gasteiger partial charge in [-0.25, -0.2) is 0 Å². The maximum Gasteiger partial charge on any atom is 0.224 e. The van der Waals surface area contributed by atoms with Gasteiger partial charge in [0.15, 0.2) is 0 Å². The molecule has 0 radical (unpaired) electrons. The van der Waals surface area contributed by atoms with E-state index in [9.17, 15) is 9.90 Å². The summed E-state index contributed by atoms with van der Waals surface area (Å²) in [7, 11) is 4.00. The molecule has 4 heteroatoms. The van der Waals surface area contributed by atoms with E-state index in [4.69, 9.17) is 0 Å². The summed E-state index contributed by atoms with van der Waals surface area (Å²) in [5.41, 5.74) is 0.665. The molecule has 0 saturated heterocycles. The molecular weight excluding hydrogens is 252 g/mol. The maximum absolute atomic E-state index is 12.1. The minimum absolute atomic E-state index is 0.0426. The molecule has 0 bridgehead atoms. The molecule has 20 heavy (non-hydrogen) atoms. The SMILES string of the molecule is CC(C)CC(CN(C)C)NC(=O)Cc1ccccc1O. The number of carbonyl (C=O) groups is 1. The molecule has 0 fully saturated rings. The first-order valence-electron chi connectivity index (χ1n) is 7.09. The zero-order valence-electron chi connectivity index (χ0n) is 12.9. The smallest absolute Gasteiger partial charge is 0.224 e. The van der Waals surface area contributed by atoms with Crippen LogP contribution >= 0.6 is 0 Å². The minimum atomic E-state index is -0.0426. The number of amides is 1. The zero-order valence-corrected chi connectivity index (χ0v) is 12.9. The topological polar surface area (TPSA) is 52.6 Å². The lowest BCUT2D eigenvalue weighted by Gasteiger charge is -2.24. The number of aromatic hydroxyl groups is 1. The number of likely N-dealkylation sites (N-methyl/N-ethyl adjacent to an activating group) is 1. The highest BCUT2D eigenvalue weighted by atomic mass is 16.3. The quantitative estimate of drug-likeness (QED) is 0.802. The Bertz CT molecular complexity index is 420. The molecular formula is C16H26N2O2. The number of phenols is 1. The number of nitrogens with one attached hydrogen (secondary N) is 1. The van der Waals surface area contributed by atoms with Crippen molar-refractivity contribution in [3.8, 4) is 5.75 Å². The monoisotopic (exact) mass is 278 g/mol. The lowest BCUT2D eigenvalue weighted by atomic mass is 10.0. The Balaban J connectivity index is 2.59. The van der Waals surface area contributed by atoms with Gasteiger partial charge in [-0.1, -0.05) is 32.0 Å². The lowest BCUT2D eigenvalue weighted by molar-refractivity contribution is -0.121. The fraction of sp³-hybridized carbons (Fsp3) is 0.562. The summed E-state index contributed by atoms with van der Waals surface area (Å²) in [4.78, 5) is 14.2. The van der Waals surface area contributed by atoms with Gasteiger partial charge >= 0.3 is 0 Å². The van der Waals surface area contributed by atoms with Gasteiger partial charge in [0.2, 0.25) is 5.91 Å². The van der Waals surface area contributed by atoms with Crippen molar-refractivity contribution in [2.75, 3.05) is 20.6 Å². The molecule has 0 aliphatic carbocycles. The Hall–Kier alpha value is -1.55. The van der Waals surface area contributed by atoms with Gasteiger partial charge in [0.05, 0.1) is 6.42 Å². The number of hydrogen-bond acceptors (Lipinski definition) is 3. The number of rotatable bonds is 7. The third kappa shape index (κ3) is 6.06. The van der Waals surface area contributed by atoms with E-state index in [2.05, 4.69) is 24.1 Å². The summed E-state index contributed by atoms with van der Waals surface area (Å²) < 4.78 is 0. The van der Waals surface area contributed by atoms with Gasteiger partial charge in [0.25, 0.3) is 0 Å². The molecule has 1 aromatic rings. The molecule has 1 unspecified atom stereocenters. The van der Waals surface area contributed by atoms with E-state index in [0.717, 1.165) is 13.0 Å². The number of benzene rings is 1. The number of nitrogens with zero attached hydrogens (tertiary/aromatic N) is 1. The Morgan fingerprint density at radius 2 is 1.95 bits per heavy atom. The van der Waals surface area contributed by atoms with Gasteiger partial charge < -0.3 is 15.3 Å². The average Bonchev–Trinajstić information content (AvgIpc) is 2.30. The first-order chi connectivity index (χ1) is 9.38. The van der Waals surface area contributed by atoms with E-state index < -0.39 is 0 Å². The molecule has 0 aliphatic rings. The van der Waals surface area contributed by atoms with Crippen molar-refractivity contribution >= 4 is 5.91 Å². The van der Waals surface area contributed by atoms with Crippen molar-refractivity contribution in [2.24, 2.45) is 5.92 Å². The standard InChI is InChI=1S/C16H26N2O2/c1-12(2)9-14(11-18(3)4)17-16(20)10-13-7-5-6-8-15(13)19/h5-8,12,14,19H,9-11H2,1-4H3,(H,17,20). The number of phenolic OH excluding ortho intramolecular Hbond substituents is 1. The van der Waals surface area contributed by atoms with Crippen LogP contribution in [0.3, 0.4) is 0 Å². The summed E-state index contributed by atoms with van der Waals surface area (Å²) in [5.74, 6) is 0.667. The van der Waals surface area contributed by atoms with Crippen molar-refractivity contribution in [3.63, 3.8) is 0 Å². The van der Waals surface area contributed by atoms with Crippen LogP contribution in [0.5, 0.6) is 5.75 Å². The second kappa shape index (κ2) is 7.90. The lowest BCUT2D eigenvalue weighted by Crippen LogP contribution is -2.43. The molecule has 1 atom stereocenters. The van der Waals surface area contributed by atoms with Crippen molar-refractivity contribution in [3.05, 3.63) is 29.8 Å². The third-order valence-electron chi connectivity index (χ3n) is 3.05. The van der Waals surface area contributed by atoms with Crippen LogP contribution in [-0.2, 0) is 11.2 Å². The van der Waals surface area contributed by atoms with Crippen LogP contribution < -0.4 is 5.32 Å². The Kier molecular flexibility index (Phi) is 6.52. The van der Waals surface area contributed by atoms with Crippen LogP contribution in [0, 0.1) is 5.92 Å². The van der Waals surface area contributed by atoms with Gasteiger partial charge in [-0.15, -0.1) is 0 Å². The van der Waals surface area contributed by atoms with E-state index in [-0.39, 0.29) is 24.1 Å². The van der Waals surface area contributed by atoms with Crippen LogP contribution in [0.4, 0.5) is 0 Å². The molecule has 0 aromatic heterocycles. The molecule has 2 N–H and O–H groups in total. The fourth-order valence-corrected chi connectivity index (χ4v) is 2.30. The molecule has 0 aliphatic heterocycles. The Labute approximate surface area is 121 Å². The van der Waals surface area contributed by atoms with Gasteiger partial charge in [-0.05, 0) is 32.5 Å². The van der Waals surface area contributed by atoms with Crippen molar-refractivity contribution < 1.29 is 9.90 Å². The van der Waals surface area contributed by atoms with Crippen LogP contribution in [0.15, 0.2) is 24.3 Å². The average molecular weight is 278 g/mol. The van der Waals surface area contributed by atoms with Crippen LogP contribution in [0.1, 0.15) is 25.8 Å². The summed E-state index contributed by atoms with van der Waals surface area (Å²) in [6, 6.07) is 7.10. The molecule has 1 aromatic carbocycles. The molecule has 0 spiro atoms. The first kappa shape index (κ1) is 16.5.